The van der Waals surface area contributed by atoms with Gasteiger partial charge in [0, 0.05) is 25.6 Å². The average molecular weight is 289 g/mol. The number of nitrogens with one attached hydrogen (secondary N) is 2. The minimum atomic E-state index is 0.603. The number of ether oxygens (including phenoxy) is 1. The molecule has 1 fully saturated rings. The van der Waals surface area contributed by atoms with Crippen LogP contribution in [-0.4, -0.2) is 31.7 Å². The van der Waals surface area contributed by atoms with Crippen LogP contribution < -0.4 is 15.4 Å². The molecule has 2 unspecified atom stereocenters. The number of hydrogen-bond acceptors (Lipinski definition) is 2. The van der Waals surface area contributed by atoms with Crippen LogP contribution in [0.15, 0.2) is 29.3 Å². The SMILES string of the molecule is CCNC(=NCCCOc1ccc(C)cc1)NC1CC1C. The van der Waals surface area contributed by atoms with Gasteiger partial charge >= 0.3 is 0 Å². The molecule has 4 heteroatoms. The lowest BCUT2D eigenvalue weighted by Crippen LogP contribution is -2.39. The molecule has 1 saturated carbocycles. The molecular formula is C17H27N3O. The fourth-order valence-electron chi connectivity index (χ4n) is 2.10. The van der Waals surface area contributed by atoms with E-state index in [2.05, 4.69) is 48.5 Å². The molecule has 1 aliphatic rings. The molecule has 1 aromatic rings. The van der Waals surface area contributed by atoms with Crippen LogP contribution in [0.5, 0.6) is 5.75 Å². The molecular weight excluding hydrogens is 262 g/mol. The summed E-state index contributed by atoms with van der Waals surface area (Å²) in [5.74, 6) is 2.64. The second-order valence-electron chi connectivity index (χ2n) is 5.74. The third kappa shape index (κ3) is 5.66. The van der Waals surface area contributed by atoms with Crippen LogP contribution in [-0.2, 0) is 0 Å². The zero-order chi connectivity index (χ0) is 15.1. The zero-order valence-electron chi connectivity index (χ0n) is 13.4. The molecule has 4 nitrogen and oxygen atoms in total. The number of rotatable bonds is 7. The van der Waals surface area contributed by atoms with Gasteiger partial charge in [-0.15, -0.1) is 0 Å². The third-order valence-corrected chi connectivity index (χ3v) is 3.64. The maximum absolute atomic E-state index is 5.70. The molecule has 2 N–H and O–H groups in total. The Balaban J connectivity index is 1.66. The Morgan fingerprint density at radius 3 is 2.67 bits per heavy atom. The Labute approximate surface area is 128 Å². The fraction of sp³-hybridized carbons (Fsp3) is 0.588. The number of hydrogen-bond donors (Lipinski definition) is 2. The highest BCUT2D eigenvalue weighted by Crippen LogP contribution is 2.28. The molecule has 2 rings (SSSR count). The second kappa shape index (κ2) is 7.91. The van der Waals surface area contributed by atoms with Crippen molar-refractivity contribution < 1.29 is 4.74 Å². The molecule has 2 atom stereocenters. The van der Waals surface area contributed by atoms with E-state index in [1.807, 2.05) is 12.1 Å². The molecule has 0 aliphatic heterocycles. The van der Waals surface area contributed by atoms with E-state index in [9.17, 15) is 0 Å². The molecule has 21 heavy (non-hydrogen) atoms. The summed E-state index contributed by atoms with van der Waals surface area (Å²) < 4.78 is 5.70. The zero-order valence-corrected chi connectivity index (χ0v) is 13.4. The van der Waals surface area contributed by atoms with E-state index >= 15 is 0 Å². The van der Waals surface area contributed by atoms with E-state index in [1.165, 1.54) is 12.0 Å². The molecule has 0 heterocycles. The van der Waals surface area contributed by atoms with Crippen molar-refractivity contribution in [1.29, 1.82) is 0 Å². The number of nitrogens with zero attached hydrogens (tertiary/aromatic N) is 1. The van der Waals surface area contributed by atoms with Gasteiger partial charge in [-0.25, -0.2) is 0 Å². The molecule has 116 valence electrons. The Hall–Kier alpha value is -1.71. The van der Waals surface area contributed by atoms with Gasteiger partial charge < -0.3 is 15.4 Å². The van der Waals surface area contributed by atoms with Gasteiger partial charge in [-0.05, 0) is 38.3 Å². The van der Waals surface area contributed by atoms with E-state index in [1.54, 1.807) is 0 Å². The van der Waals surface area contributed by atoms with Crippen LogP contribution in [0.1, 0.15) is 32.3 Å². The first-order chi connectivity index (χ1) is 10.2. The largest absolute Gasteiger partial charge is 0.494 e. The predicted octanol–water partition coefficient (Wildman–Crippen LogP) is 2.73. The Morgan fingerprint density at radius 2 is 2.05 bits per heavy atom. The first kappa shape index (κ1) is 15.7. The van der Waals surface area contributed by atoms with Gasteiger partial charge in [0.25, 0.3) is 0 Å². The lowest BCUT2D eigenvalue weighted by molar-refractivity contribution is 0.313. The van der Waals surface area contributed by atoms with Gasteiger partial charge in [0.2, 0.25) is 0 Å². The van der Waals surface area contributed by atoms with E-state index in [0.717, 1.165) is 37.1 Å². The van der Waals surface area contributed by atoms with Gasteiger partial charge in [0.1, 0.15) is 5.75 Å². The predicted molar refractivity (Wildman–Crippen MR) is 88.0 cm³/mol. The van der Waals surface area contributed by atoms with Gasteiger partial charge in [-0.1, -0.05) is 24.6 Å². The van der Waals surface area contributed by atoms with Crippen LogP contribution in [0.4, 0.5) is 0 Å². The summed E-state index contributed by atoms with van der Waals surface area (Å²) in [6.45, 7) is 8.81. The summed E-state index contributed by atoms with van der Waals surface area (Å²) in [4.78, 5) is 4.59. The van der Waals surface area contributed by atoms with E-state index in [0.29, 0.717) is 12.6 Å². The van der Waals surface area contributed by atoms with Gasteiger partial charge in [-0.2, -0.15) is 0 Å². The minimum Gasteiger partial charge on any atom is -0.494 e. The Kier molecular flexibility index (Phi) is 5.90. The topological polar surface area (TPSA) is 45.7 Å². The molecule has 1 aromatic carbocycles. The van der Waals surface area contributed by atoms with Crippen molar-refractivity contribution in [3.05, 3.63) is 29.8 Å². The molecule has 0 bridgehead atoms. The van der Waals surface area contributed by atoms with Gasteiger partial charge in [0.15, 0.2) is 5.96 Å². The summed E-state index contributed by atoms with van der Waals surface area (Å²) in [7, 11) is 0. The van der Waals surface area contributed by atoms with Crippen LogP contribution in [0.3, 0.4) is 0 Å². The summed E-state index contributed by atoms with van der Waals surface area (Å²) in [6, 6.07) is 8.76. The highest BCUT2D eigenvalue weighted by Gasteiger charge is 2.33. The monoisotopic (exact) mass is 289 g/mol. The van der Waals surface area contributed by atoms with Crippen molar-refractivity contribution in [2.75, 3.05) is 19.7 Å². The number of guanidine groups is 1. The van der Waals surface area contributed by atoms with Gasteiger partial charge in [0.05, 0.1) is 6.61 Å². The lowest BCUT2D eigenvalue weighted by Gasteiger charge is -2.11. The Morgan fingerprint density at radius 1 is 1.33 bits per heavy atom. The smallest absolute Gasteiger partial charge is 0.191 e. The van der Waals surface area contributed by atoms with Crippen LogP contribution in [0, 0.1) is 12.8 Å². The molecule has 0 spiro atoms. The van der Waals surface area contributed by atoms with E-state index in [-0.39, 0.29) is 0 Å². The van der Waals surface area contributed by atoms with E-state index < -0.39 is 0 Å². The molecule has 0 radical (unpaired) electrons. The van der Waals surface area contributed by atoms with Gasteiger partial charge in [-0.3, -0.25) is 4.99 Å². The number of benzene rings is 1. The average Bonchev–Trinajstić information content (AvgIpc) is 3.16. The molecule has 0 aromatic heterocycles. The first-order valence-electron chi connectivity index (χ1n) is 7.93. The van der Waals surface area contributed by atoms with Crippen LogP contribution in [0.2, 0.25) is 0 Å². The van der Waals surface area contributed by atoms with Crippen molar-refractivity contribution in [3.8, 4) is 5.75 Å². The maximum atomic E-state index is 5.70. The number of aryl methyl sites for hydroxylation is 1. The quantitative estimate of drug-likeness (QED) is 0.461. The summed E-state index contributed by atoms with van der Waals surface area (Å²) in [5.41, 5.74) is 1.25. The normalized spacial score (nSPS) is 21.0. The summed E-state index contributed by atoms with van der Waals surface area (Å²) >= 11 is 0. The third-order valence-electron chi connectivity index (χ3n) is 3.64. The maximum Gasteiger partial charge on any atom is 0.191 e. The van der Waals surface area contributed by atoms with Crippen molar-refractivity contribution in [2.24, 2.45) is 10.9 Å². The molecule has 0 saturated heterocycles. The fourth-order valence-corrected chi connectivity index (χ4v) is 2.10. The lowest BCUT2D eigenvalue weighted by atomic mass is 10.2. The standard InChI is InChI=1S/C17H27N3O/c1-4-18-17(20-16-12-14(16)3)19-10-5-11-21-15-8-6-13(2)7-9-15/h6-9,14,16H,4-5,10-12H2,1-3H3,(H2,18,19,20). The molecule has 0 amide bonds. The van der Waals surface area contributed by atoms with Crippen molar-refractivity contribution in [2.45, 2.75) is 39.7 Å². The second-order valence-corrected chi connectivity index (χ2v) is 5.74. The van der Waals surface area contributed by atoms with Crippen molar-refractivity contribution in [1.82, 2.24) is 10.6 Å². The number of aliphatic imine (C=N–C) groups is 1. The van der Waals surface area contributed by atoms with Crippen LogP contribution in [0.25, 0.3) is 0 Å². The minimum absolute atomic E-state index is 0.603. The Bertz CT molecular complexity index is 456. The van der Waals surface area contributed by atoms with Crippen molar-refractivity contribution >= 4 is 5.96 Å². The van der Waals surface area contributed by atoms with Crippen LogP contribution >= 0.6 is 0 Å². The highest BCUT2D eigenvalue weighted by atomic mass is 16.5. The molecule has 1 aliphatic carbocycles. The summed E-state index contributed by atoms with van der Waals surface area (Å²) in [5, 5.41) is 6.74. The summed E-state index contributed by atoms with van der Waals surface area (Å²) in [6.07, 6.45) is 2.17. The highest BCUT2D eigenvalue weighted by molar-refractivity contribution is 5.80. The van der Waals surface area contributed by atoms with Crippen molar-refractivity contribution in [3.63, 3.8) is 0 Å². The van der Waals surface area contributed by atoms with E-state index in [4.69, 9.17) is 4.74 Å². The first-order valence-corrected chi connectivity index (χ1v) is 7.93.